The van der Waals surface area contributed by atoms with Gasteiger partial charge >= 0.3 is 11.9 Å². The molecule has 33 heavy (non-hydrogen) atoms. The summed E-state index contributed by atoms with van der Waals surface area (Å²) in [6, 6.07) is 12.8. The maximum absolute atomic E-state index is 14.0. The average Bonchev–Trinajstić information content (AvgIpc) is 3.33. The lowest BCUT2D eigenvalue weighted by Crippen LogP contribution is -2.43. The number of carbonyl (C=O) groups is 3. The zero-order valence-corrected chi connectivity index (χ0v) is 18.9. The summed E-state index contributed by atoms with van der Waals surface area (Å²) in [6.45, 7) is 5.62. The summed E-state index contributed by atoms with van der Waals surface area (Å²) in [5, 5.41) is 3.27. The molecule has 0 radical (unpaired) electrons. The molecule has 1 N–H and O–H groups in total. The Kier molecular flexibility index (Phi) is 6.49. The van der Waals surface area contributed by atoms with Crippen LogP contribution in [0.4, 0.5) is 0 Å². The number of ketones is 1. The molecule has 2 heterocycles. The van der Waals surface area contributed by atoms with Gasteiger partial charge in [0.25, 0.3) is 0 Å². The highest BCUT2D eigenvalue weighted by atomic mass is 16.5. The number of furan rings is 1. The SMILES string of the molecule is CCOC(=O)C1=C(C)NC2=C(C(=O)[C@H](C(=O)OCC)[C@@H](c3ccco3)C2)[C@@H]1c1ccccc1. The monoisotopic (exact) mass is 449 g/mol. The van der Waals surface area contributed by atoms with Gasteiger partial charge in [0, 0.05) is 28.8 Å². The Bertz CT molecular complexity index is 1110. The number of nitrogens with one attached hydrogen (secondary N) is 1. The number of allylic oxidation sites excluding steroid dienone is 3. The molecule has 0 saturated carbocycles. The molecule has 0 amide bonds. The van der Waals surface area contributed by atoms with Crippen LogP contribution in [0.1, 0.15) is 50.4 Å². The fraction of sp³-hybridized carbons (Fsp3) is 0.346. The second kappa shape index (κ2) is 9.48. The van der Waals surface area contributed by atoms with Gasteiger partial charge in [0.2, 0.25) is 0 Å². The van der Waals surface area contributed by atoms with Crippen LogP contribution in [0.15, 0.2) is 75.7 Å². The van der Waals surface area contributed by atoms with E-state index in [0.717, 1.165) is 5.56 Å². The van der Waals surface area contributed by atoms with Crippen LogP contribution in [0, 0.1) is 5.92 Å². The Hall–Kier alpha value is -3.61. The Morgan fingerprint density at radius 3 is 2.42 bits per heavy atom. The predicted molar refractivity (Wildman–Crippen MR) is 120 cm³/mol. The van der Waals surface area contributed by atoms with E-state index in [0.29, 0.717) is 34.7 Å². The number of rotatable bonds is 6. The van der Waals surface area contributed by atoms with E-state index in [2.05, 4.69) is 5.32 Å². The van der Waals surface area contributed by atoms with Crippen molar-refractivity contribution in [3.8, 4) is 0 Å². The van der Waals surface area contributed by atoms with Crippen LogP contribution in [0.3, 0.4) is 0 Å². The molecule has 1 aliphatic heterocycles. The van der Waals surface area contributed by atoms with E-state index in [9.17, 15) is 14.4 Å². The average molecular weight is 450 g/mol. The van der Waals surface area contributed by atoms with E-state index in [1.54, 1.807) is 32.9 Å². The third-order valence-electron chi connectivity index (χ3n) is 6.10. The molecular weight excluding hydrogens is 422 g/mol. The maximum atomic E-state index is 14.0. The van der Waals surface area contributed by atoms with Gasteiger partial charge in [-0.1, -0.05) is 30.3 Å². The number of hydrogen-bond donors (Lipinski definition) is 1. The molecular formula is C26H27NO6. The van der Waals surface area contributed by atoms with Gasteiger partial charge in [-0.3, -0.25) is 9.59 Å². The normalized spacial score (nSPS) is 22.5. The van der Waals surface area contributed by atoms with Crippen LogP contribution in [0.5, 0.6) is 0 Å². The number of ether oxygens (including phenoxy) is 2. The lowest BCUT2D eigenvalue weighted by Gasteiger charge is -2.38. The summed E-state index contributed by atoms with van der Waals surface area (Å²) in [6.07, 6.45) is 1.89. The van der Waals surface area contributed by atoms with Gasteiger partial charge in [-0.15, -0.1) is 0 Å². The van der Waals surface area contributed by atoms with E-state index in [4.69, 9.17) is 13.9 Å². The second-order valence-electron chi connectivity index (χ2n) is 8.04. The van der Waals surface area contributed by atoms with Crippen LogP contribution in [-0.4, -0.2) is 30.9 Å². The molecule has 1 aromatic carbocycles. The molecule has 7 nitrogen and oxygen atoms in total. The highest BCUT2D eigenvalue weighted by Gasteiger charge is 2.49. The van der Waals surface area contributed by atoms with Crippen LogP contribution < -0.4 is 5.32 Å². The molecule has 3 atom stereocenters. The van der Waals surface area contributed by atoms with Gasteiger partial charge in [0.15, 0.2) is 5.78 Å². The fourth-order valence-corrected chi connectivity index (χ4v) is 4.77. The Morgan fingerprint density at radius 2 is 1.79 bits per heavy atom. The molecule has 7 heteroatoms. The number of carbonyl (C=O) groups excluding carboxylic acids is 3. The van der Waals surface area contributed by atoms with Crippen molar-refractivity contribution in [2.24, 2.45) is 5.92 Å². The molecule has 1 aromatic heterocycles. The van der Waals surface area contributed by atoms with E-state index >= 15 is 0 Å². The lowest BCUT2D eigenvalue weighted by molar-refractivity contribution is -0.152. The van der Waals surface area contributed by atoms with Crippen LogP contribution in [0.2, 0.25) is 0 Å². The van der Waals surface area contributed by atoms with Crippen molar-refractivity contribution >= 4 is 17.7 Å². The third-order valence-corrected chi connectivity index (χ3v) is 6.10. The van der Waals surface area contributed by atoms with Crippen LogP contribution >= 0.6 is 0 Å². The summed E-state index contributed by atoms with van der Waals surface area (Å²) in [5.74, 6) is -3.13. The van der Waals surface area contributed by atoms with Gasteiger partial charge in [-0.25, -0.2) is 4.79 Å². The molecule has 172 valence electrons. The molecule has 0 fully saturated rings. The van der Waals surface area contributed by atoms with Gasteiger partial charge in [0.1, 0.15) is 11.7 Å². The quantitative estimate of drug-likeness (QED) is 0.526. The van der Waals surface area contributed by atoms with Gasteiger partial charge in [-0.2, -0.15) is 0 Å². The zero-order valence-electron chi connectivity index (χ0n) is 18.9. The van der Waals surface area contributed by atoms with E-state index in [1.165, 1.54) is 6.26 Å². The number of Topliss-reactive ketones (excluding diaryl/α,β-unsaturated/α-hetero) is 1. The molecule has 2 aliphatic rings. The molecule has 0 bridgehead atoms. The largest absolute Gasteiger partial charge is 0.469 e. The van der Waals surface area contributed by atoms with Crippen LogP contribution in [0.25, 0.3) is 0 Å². The standard InChI is InChI=1S/C26H27NO6/c1-4-31-25(29)20-15(3)27-18-14-17(19-12-9-13-33-19)22(26(30)32-5-2)24(28)23(18)21(20)16-10-7-6-8-11-16/h6-13,17,21-22,27H,4-5,14H2,1-3H3/t17-,21-,22-/m1/s1. The smallest absolute Gasteiger partial charge is 0.336 e. The zero-order chi connectivity index (χ0) is 23.5. The van der Waals surface area contributed by atoms with Crippen molar-refractivity contribution in [3.63, 3.8) is 0 Å². The highest BCUT2D eigenvalue weighted by molar-refractivity contribution is 6.13. The predicted octanol–water partition coefficient (Wildman–Crippen LogP) is 3.99. The topological polar surface area (TPSA) is 94.8 Å². The van der Waals surface area contributed by atoms with E-state index in [1.807, 2.05) is 30.3 Å². The molecule has 4 rings (SSSR count). The Balaban J connectivity index is 1.87. The number of dihydropyridines is 1. The van der Waals surface area contributed by atoms with E-state index in [-0.39, 0.29) is 19.0 Å². The summed E-state index contributed by atoms with van der Waals surface area (Å²) in [4.78, 5) is 39.9. The van der Waals surface area contributed by atoms with Crippen molar-refractivity contribution in [1.82, 2.24) is 5.32 Å². The summed E-state index contributed by atoms with van der Waals surface area (Å²) < 4.78 is 16.2. The van der Waals surface area contributed by atoms with Crippen molar-refractivity contribution in [3.05, 3.63) is 82.6 Å². The lowest BCUT2D eigenvalue weighted by atomic mass is 9.68. The third kappa shape index (κ3) is 4.11. The summed E-state index contributed by atoms with van der Waals surface area (Å²) >= 11 is 0. The molecule has 2 aromatic rings. The molecule has 0 saturated heterocycles. The van der Waals surface area contributed by atoms with Gasteiger partial charge in [0.05, 0.1) is 25.1 Å². The minimum atomic E-state index is -1.07. The molecule has 0 unspecified atom stereocenters. The van der Waals surface area contributed by atoms with Crippen LogP contribution in [-0.2, 0) is 23.9 Å². The van der Waals surface area contributed by atoms with E-state index < -0.39 is 29.7 Å². The van der Waals surface area contributed by atoms with Crippen molar-refractivity contribution in [1.29, 1.82) is 0 Å². The molecule has 1 aliphatic carbocycles. The number of esters is 2. The first kappa shape index (κ1) is 22.6. The second-order valence-corrected chi connectivity index (χ2v) is 8.04. The highest BCUT2D eigenvalue weighted by Crippen LogP contribution is 2.48. The van der Waals surface area contributed by atoms with Crippen molar-refractivity contribution in [2.75, 3.05) is 13.2 Å². The van der Waals surface area contributed by atoms with Gasteiger partial charge < -0.3 is 19.2 Å². The molecule has 0 spiro atoms. The van der Waals surface area contributed by atoms with Crippen molar-refractivity contribution in [2.45, 2.75) is 39.0 Å². The summed E-state index contributed by atoms with van der Waals surface area (Å²) in [5.41, 5.74) is 2.86. The maximum Gasteiger partial charge on any atom is 0.336 e. The first-order chi connectivity index (χ1) is 16.0. The van der Waals surface area contributed by atoms with Crippen molar-refractivity contribution < 1.29 is 28.3 Å². The minimum Gasteiger partial charge on any atom is -0.469 e. The fourth-order valence-electron chi connectivity index (χ4n) is 4.77. The Morgan fingerprint density at radius 1 is 1.06 bits per heavy atom. The summed E-state index contributed by atoms with van der Waals surface area (Å²) in [7, 11) is 0. The Labute approximate surface area is 192 Å². The minimum absolute atomic E-state index is 0.160. The van der Waals surface area contributed by atoms with Gasteiger partial charge in [-0.05, 0) is 44.9 Å². The number of benzene rings is 1. The first-order valence-electron chi connectivity index (χ1n) is 11.1. The number of hydrogen-bond acceptors (Lipinski definition) is 7. The first-order valence-corrected chi connectivity index (χ1v) is 11.1.